The molecule has 4 aromatic heterocycles. The lowest BCUT2D eigenvalue weighted by atomic mass is 10.0. The zero-order chi connectivity index (χ0) is 22.5. The second-order valence-corrected chi connectivity index (χ2v) is 6.78. The van der Waals surface area contributed by atoms with Gasteiger partial charge in [-0.1, -0.05) is 12.1 Å². The van der Waals surface area contributed by atoms with E-state index in [-0.39, 0.29) is 24.3 Å². The third-order valence-electron chi connectivity index (χ3n) is 4.85. The zero-order valence-electron chi connectivity index (χ0n) is 17.7. The highest BCUT2D eigenvalue weighted by molar-refractivity contribution is 6.08. The van der Waals surface area contributed by atoms with Gasteiger partial charge >= 0.3 is 11.9 Å². The molecule has 0 amide bonds. The van der Waals surface area contributed by atoms with Crippen molar-refractivity contribution >= 4 is 11.9 Å². The maximum Gasteiger partial charge on any atom is 0.341 e. The first-order chi connectivity index (χ1) is 15.7. The van der Waals surface area contributed by atoms with E-state index in [1.54, 1.807) is 62.9 Å². The van der Waals surface area contributed by atoms with E-state index < -0.39 is 11.9 Å². The Balaban J connectivity index is 1.94. The first-order valence-electron chi connectivity index (χ1n) is 10.3. The molecule has 0 aliphatic carbocycles. The van der Waals surface area contributed by atoms with Gasteiger partial charge < -0.3 is 19.4 Å². The van der Waals surface area contributed by atoms with Crippen LogP contribution in [0, 0.1) is 0 Å². The summed E-state index contributed by atoms with van der Waals surface area (Å²) in [5, 5.41) is 0. The molecule has 0 aliphatic rings. The first kappa shape index (κ1) is 21.0. The Morgan fingerprint density at radius 3 is 1.53 bits per heavy atom. The Bertz CT molecular complexity index is 1130. The molecular weight excluding hydrogens is 408 g/mol. The van der Waals surface area contributed by atoms with Gasteiger partial charge in [0.05, 0.1) is 47.1 Å². The van der Waals surface area contributed by atoms with Crippen LogP contribution in [0.4, 0.5) is 0 Å². The van der Waals surface area contributed by atoms with Crippen molar-refractivity contribution < 1.29 is 19.1 Å². The number of nitrogens with one attached hydrogen (secondary N) is 2. The maximum absolute atomic E-state index is 13.0. The third kappa shape index (κ3) is 3.90. The lowest BCUT2D eigenvalue weighted by molar-refractivity contribution is 0.0516. The van der Waals surface area contributed by atoms with Gasteiger partial charge in [0.15, 0.2) is 0 Å². The standard InChI is InChI=1S/C24H22N4O4/c1-3-31-23(29)19-15(17-9-5-7-11-25-17)13-27-21(19)22-20(24(30)32-4-2)16(14-28-22)18-10-6-8-12-26-18/h5-14,27-28H,3-4H2,1-2H3. The fourth-order valence-corrected chi connectivity index (χ4v) is 3.52. The predicted octanol–water partition coefficient (Wildman–Crippen LogP) is 4.49. The van der Waals surface area contributed by atoms with Crippen LogP contribution in [0.3, 0.4) is 0 Å². The molecule has 0 atom stereocenters. The summed E-state index contributed by atoms with van der Waals surface area (Å²) in [7, 11) is 0. The highest BCUT2D eigenvalue weighted by Gasteiger charge is 2.29. The molecule has 2 N–H and O–H groups in total. The van der Waals surface area contributed by atoms with Crippen LogP contribution in [0.2, 0.25) is 0 Å². The van der Waals surface area contributed by atoms with Crippen LogP contribution in [0.25, 0.3) is 33.9 Å². The molecule has 0 saturated carbocycles. The Labute approximate surface area is 184 Å². The van der Waals surface area contributed by atoms with E-state index >= 15 is 0 Å². The van der Waals surface area contributed by atoms with Crippen LogP contribution in [-0.2, 0) is 9.47 Å². The van der Waals surface area contributed by atoms with Crippen molar-refractivity contribution in [3.63, 3.8) is 0 Å². The van der Waals surface area contributed by atoms with Gasteiger partial charge in [-0.2, -0.15) is 0 Å². The minimum atomic E-state index is -0.520. The van der Waals surface area contributed by atoms with Crippen LogP contribution in [0.1, 0.15) is 34.6 Å². The molecule has 4 aromatic rings. The van der Waals surface area contributed by atoms with E-state index in [1.807, 2.05) is 12.1 Å². The number of nitrogens with zero attached hydrogens (tertiary/aromatic N) is 2. The molecule has 8 heteroatoms. The molecule has 0 radical (unpaired) electrons. The van der Waals surface area contributed by atoms with Gasteiger partial charge in [-0.25, -0.2) is 9.59 Å². The van der Waals surface area contributed by atoms with Crippen LogP contribution in [0.5, 0.6) is 0 Å². The van der Waals surface area contributed by atoms with E-state index in [9.17, 15) is 9.59 Å². The monoisotopic (exact) mass is 430 g/mol. The third-order valence-corrected chi connectivity index (χ3v) is 4.85. The Hall–Kier alpha value is -4.20. The van der Waals surface area contributed by atoms with Crippen molar-refractivity contribution in [2.45, 2.75) is 13.8 Å². The van der Waals surface area contributed by atoms with E-state index in [0.717, 1.165) is 0 Å². The normalized spacial score (nSPS) is 10.7. The van der Waals surface area contributed by atoms with Gasteiger partial charge in [0.25, 0.3) is 0 Å². The molecule has 0 fully saturated rings. The summed E-state index contributed by atoms with van der Waals surface area (Å²) < 4.78 is 10.6. The SMILES string of the molecule is CCOC(=O)c1c(-c2ccccn2)c[nH]c1-c1[nH]cc(-c2ccccn2)c1C(=O)OCC. The van der Waals surface area contributed by atoms with Crippen molar-refractivity contribution in [2.75, 3.05) is 13.2 Å². The molecule has 4 heterocycles. The highest BCUT2D eigenvalue weighted by Crippen LogP contribution is 2.37. The molecule has 0 aliphatic heterocycles. The summed E-state index contributed by atoms with van der Waals surface area (Å²) in [5.41, 5.74) is 3.74. The molecular formula is C24H22N4O4. The second kappa shape index (κ2) is 9.30. The van der Waals surface area contributed by atoms with Gasteiger partial charge in [-0.15, -0.1) is 0 Å². The number of esters is 2. The molecule has 162 valence electrons. The topological polar surface area (TPSA) is 110 Å². The average Bonchev–Trinajstić information content (AvgIpc) is 3.45. The number of carbonyl (C=O) groups is 2. The zero-order valence-corrected chi connectivity index (χ0v) is 17.7. The van der Waals surface area contributed by atoms with Crippen molar-refractivity contribution in [3.8, 4) is 33.9 Å². The number of aromatic amines is 2. The largest absolute Gasteiger partial charge is 0.462 e. The van der Waals surface area contributed by atoms with Crippen molar-refractivity contribution in [3.05, 3.63) is 72.3 Å². The number of hydrogen-bond donors (Lipinski definition) is 2. The van der Waals surface area contributed by atoms with Crippen LogP contribution in [-0.4, -0.2) is 45.1 Å². The maximum atomic E-state index is 13.0. The fraction of sp³-hybridized carbons (Fsp3) is 0.167. The molecule has 0 saturated heterocycles. The van der Waals surface area contributed by atoms with Crippen molar-refractivity contribution in [1.29, 1.82) is 0 Å². The van der Waals surface area contributed by atoms with E-state index in [0.29, 0.717) is 33.9 Å². The van der Waals surface area contributed by atoms with Gasteiger partial charge in [-0.05, 0) is 38.1 Å². The van der Waals surface area contributed by atoms with Crippen LogP contribution >= 0.6 is 0 Å². The Morgan fingerprint density at radius 2 is 1.19 bits per heavy atom. The molecule has 4 rings (SSSR count). The summed E-state index contributed by atoms with van der Waals surface area (Å²) in [6, 6.07) is 10.9. The minimum Gasteiger partial charge on any atom is -0.462 e. The number of H-pyrrole nitrogens is 2. The van der Waals surface area contributed by atoms with Crippen LogP contribution in [0.15, 0.2) is 61.2 Å². The Morgan fingerprint density at radius 1 is 0.750 bits per heavy atom. The summed E-state index contributed by atoms with van der Waals surface area (Å²) in [6.45, 7) is 3.89. The molecule has 0 spiro atoms. The number of carbonyl (C=O) groups excluding carboxylic acids is 2. The molecule has 8 nitrogen and oxygen atoms in total. The van der Waals surface area contributed by atoms with E-state index in [1.165, 1.54) is 0 Å². The minimum absolute atomic E-state index is 0.208. The molecule has 32 heavy (non-hydrogen) atoms. The average molecular weight is 430 g/mol. The number of aromatic nitrogens is 4. The van der Waals surface area contributed by atoms with Gasteiger partial charge in [0.2, 0.25) is 0 Å². The van der Waals surface area contributed by atoms with Crippen molar-refractivity contribution in [1.82, 2.24) is 19.9 Å². The smallest absolute Gasteiger partial charge is 0.341 e. The number of rotatable bonds is 7. The quantitative estimate of drug-likeness (QED) is 0.418. The fourth-order valence-electron chi connectivity index (χ4n) is 3.52. The number of hydrogen-bond acceptors (Lipinski definition) is 6. The molecule has 0 unspecified atom stereocenters. The number of ether oxygens (including phenoxy) is 2. The van der Waals surface area contributed by atoms with E-state index in [2.05, 4.69) is 19.9 Å². The predicted molar refractivity (Wildman–Crippen MR) is 119 cm³/mol. The van der Waals surface area contributed by atoms with Crippen molar-refractivity contribution in [2.24, 2.45) is 0 Å². The first-order valence-corrected chi connectivity index (χ1v) is 10.3. The molecule has 0 bridgehead atoms. The highest BCUT2D eigenvalue weighted by atomic mass is 16.5. The lowest BCUT2D eigenvalue weighted by Gasteiger charge is -2.09. The van der Waals surface area contributed by atoms with Gasteiger partial charge in [0.1, 0.15) is 0 Å². The second-order valence-electron chi connectivity index (χ2n) is 6.78. The van der Waals surface area contributed by atoms with Gasteiger partial charge in [-0.3, -0.25) is 9.97 Å². The summed E-state index contributed by atoms with van der Waals surface area (Å²) in [5.74, 6) is -1.04. The van der Waals surface area contributed by atoms with Gasteiger partial charge in [0, 0.05) is 35.9 Å². The number of pyridine rings is 2. The summed E-state index contributed by atoms with van der Waals surface area (Å²) >= 11 is 0. The summed E-state index contributed by atoms with van der Waals surface area (Å²) in [6.07, 6.45) is 6.66. The lowest BCUT2D eigenvalue weighted by Crippen LogP contribution is -2.10. The van der Waals surface area contributed by atoms with Crippen LogP contribution < -0.4 is 0 Å². The Kier molecular flexibility index (Phi) is 6.12. The molecule has 0 aromatic carbocycles. The van der Waals surface area contributed by atoms with E-state index in [4.69, 9.17) is 9.47 Å². The summed E-state index contributed by atoms with van der Waals surface area (Å²) in [4.78, 5) is 40.9.